The zero-order valence-electron chi connectivity index (χ0n) is 13.8. The largest absolute Gasteiger partial charge is 0.378 e. The van der Waals surface area contributed by atoms with Gasteiger partial charge in [0.15, 0.2) is 0 Å². The van der Waals surface area contributed by atoms with Gasteiger partial charge in [0.1, 0.15) is 12.6 Å². The minimum atomic E-state index is -0.668. The fourth-order valence-electron chi connectivity index (χ4n) is 1.72. The van der Waals surface area contributed by atoms with E-state index in [9.17, 15) is 9.59 Å². The van der Waals surface area contributed by atoms with E-state index in [2.05, 4.69) is 31.4 Å². The van der Waals surface area contributed by atoms with Gasteiger partial charge in [-0.3, -0.25) is 4.79 Å². The molecular formula is C14H24N4O3S2. The maximum absolute atomic E-state index is 12.2. The number of morpholine rings is 1. The summed E-state index contributed by atoms with van der Waals surface area (Å²) in [5, 5.41) is 13.8. The lowest BCUT2D eigenvalue weighted by Crippen LogP contribution is -2.54. The summed E-state index contributed by atoms with van der Waals surface area (Å²) in [5.74, 6) is 0.102. The average molecular weight is 361 g/mol. The first kappa shape index (κ1) is 19.9. The number of ether oxygens (including phenoxy) is 1. The third kappa shape index (κ3) is 8.34. The van der Waals surface area contributed by atoms with E-state index in [1.54, 1.807) is 15.7 Å². The fourth-order valence-corrected chi connectivity index (χ4v) is 4.18. The van der Waals surface area contributed by atoms with Gasteiger partial charge in [-0.2, -0.15) is 5.26 Å². The van der Waals surface area contributed by atoms with Crippen molar-refractivity contribution in [3.05, 3.63) is 0 Å². The Morgan fingerprint density at radius 3 is 2.57 bits per heavy atom. The summed E-state index contributed by atoms with van der Waals surface area (Å²) in [5.41, 5.74) is 0. The Morgan fingerprint density at radius 1 is 1.35 bits per heavy atom. The summed E-state index contributed by atoms with van der Waals surface area (Å²) in [6, 6.07) is 0.927. The zero-order valence-corrected chi connectivity index (χ0v) is 15.4. The lowest BCUT2D eigenvalue weighted by Gasteiger charge is -2.29. The molecule has 1 aliphatic rings. The predicted molar refractivity (Wildman–Crippen MR) is 93.1 cm³/mol. The van der Waals surface area contributed by atoms with Crippen LogP contribution in [-0.2, 0) is 9.53 Å². The van der Waals surface area contributed by atoms with Crippen LogP contribution in [0.25, 0.3) is 0 Å². The fraction of sp³-hybridized carbons (Fsp3) is 0.786. The Bertz CT molecular complexity index is 442. The summed E-state index contributed by atoms with van der Waals surface area (Å²) in [4.78, 5) is 26.0. The molecule has 0 unspecified atom stereocenters. The smallest absolute Gasteiger partial charge is 0.318 e. The molecule has 0 spiro atoms. The number of nitrogens with zero attached hydrogens (tertiary/aromatic N) is 2. The predicted octanol–water partition coefficient (Wildman–Crippen LogP) is 1.22. The molecule has 130 valence electrons. The molecule has 1 saturated heterocycles. The number of carbonyl (C=O) groups is 2. The number of nitrogens with one attached hydrogen (secondary N) is 2. The van der Waals surface area contributed by atoms with Gasteiger partial charge in [-0.1, -0.05) is 42.4 Å². The van der Waals surface area contributed by atoms with Crippen LogP contribution in [0.3, 0.4) is 0 Å². The maximum atomic E-state index is 12.2. The van der Waals surface area contributed by atoms with E-state index >= 15 is 0 Å². The lowest BCUT2D eigenvalue weighted by atomic mass is 10.3. The minimum Gasteiger partial charge on any atom is -0.378 e. The lowest BCUT2D eigenvalue weighted by molar-refractivity contribution is -0.122. The number of carbonyl (C=O) groups excluding carboxylic acids is 2. The summed E-state index contributed by atoms with van der Waals surface area (Å²) in [7, 11) is 3.19. The SMILES string of the molecule is CC(C)(C)SSC[C@H](NC(=O)N1CCOCC1)C(=O)NCC#N. The molecule has 1 fully saturated rings. The van der Waals surface area contributed by atoms with Crippen LogP contribution in [0, 0.1) is 11.3 Å². The number of urea groups is 1. The van der Waals surface area contributed by atoms with Crippen LogP contribution in [0.1, 0.15) is 20.8 Å². The second-order valence-corrected chi connectivity index (χ2v) is 9.13. The third-order valence-electron chi connectivity index (χ3n) is 2.80. The highest BCUT2D eigenvalue weighted by atomic mass is 33.1. The number of rotatable bonds is 6. The monoisotopic (exact) mass is 360 g/mol. The molecule has 2 N–H and O–H groups in total. The van der Waals surface area contributed by atoms with Crippen molar-refractivity contribution in [3.8, 4) is 6.07 Å². The molecule has 1 heterocycles. The molecule has 0 aromatic carbocycles. The van der Waals surface area contributed by atoms with Gasteiger partial charge in [0.2, 0.25) is 5.91 Å². The Balaban J connectivity index is 2.56. The first-order chi connectivity index (χ1) is 10.8. The molecule has 9 heteroatoms. The summed E-state index contributed by atoms with van der Waals surface area (Å²) in [6.45, 7) is 8.23. The molecular weight excluding hydrogens is 336 g/mol. The molecule has 1 rings (SSSR count). The van der Waals surface area contributed by atoms with Gasteiger partial charge in [0.25, 0.3) is 0 Å². The molecule has 0 radical (unpaired) electrons. The van der Waals surface area contributed by atoms with Crippen molar-refractivity contribution < 1.29 is 14.3 Å². The highest BCUT2D eigenvalue weighted by molar-refractivity contribution is 8.77. The van der Waals surface area contributed by atoms with Crippen molar-refractivity contribution >= 4 is 33.5 Å². The van der Waals surface area contributed by atoms with E-state index in [4.69, 9.17) is 10.00 Å². The van der Waals surface area contributed by atoms with E-state index in [0.717, 1.165) is 0 Å². The van der Waals surface area contributed by atoms with Crippen molar-refractivity contribution in [2.24, 2.45) is 0 Å². The van der Waals surface area contributed by atoms with Crippen molar-refractivity contribution in [1.82, 2.24) is 15.5 Å². The van der Waals surface area contributed by atoms with Crippen LogP contribution in [0.15, 0.2) is 0 Å². The quantitative estimate of drug-likeness (QED) is 0.546. The van der Waals surface area contributed by atoms with Gasteiger partial charge in [0.05, 0.1) is 19.3 Å². The van der Waals surface area contributed by atoms with E-state index in [1.807, 2.05) is 6.07 Å². The molecule has 0 aromatic rings. The van der Waals surface area contributed by atoms with Crippen LogP contribution in [-0.4, -0.2) is 66.2 Å². The molecule has 1 aliphatic heterocycles. The summed E-state index contributed by atoms with van der Waals surface area (Å²) < 4.78 is 5.28. The van der Waals surface area contributed by atoms with Crippen LogP contribution >= 0.6 is 21.6 Å². The van der Waals surface area contributed by atoms with Crippen LogP contribution in [0.5, 0.6) is 0 Å². The van der Waals surface area contributed by atoms with Crippen LogP contribution in [0.4, 0.5) is 4.79 Å². The second-order valence-electron chi connectivity index (χ2n) is 5.96. The van der Waals surface area contributed by atoms with Gasteiger partial charge in [-0.05, 0) is 0 Å². The molecule has 0 bridgehead atoms. The zero-order chi connectivity index (χ0) is 17.3. The van der Waals surface area contributed by atoms with Gasteiger partial charge in [-0.15, -0.1) is 0 Å². The molecule has 0 aliphatic carbocycles. The second kappa shape index (κ2) is 9.90. The Kier molecular flexibility index (Phi) is 8.58. The first-order valence-electron chi connectivity index (χ1n) is 7.42. The van der Waals surface area contributed by atoms with Gasteiger partial charge in [-0.25, -0.2) is 4.79 Å². The topological polar surface area (TPSA) is 94.5 Å². The highest BCUT2D eigenvalue weighted by Gasteiger charge is 2.25. The number of nitriles is 1. The molecule has 7 nitrogen and oxygen atoms in total. The summed E-state index contributed by atoms with van der Waals surface area (Å²) >= 11 is 0. The minimum absolute atomic E-state index is 0.0621. The van der Waals surface area contributed by atoms with Crippen molar-refractivity contribution in [2.75, 3.05) is 38.6 Å². The number of hydrogen-bond acceptors (Lipinski definition) is 6. The molecule has 0 aromatic heterocycles. The molecule has 1 atom stereocenters. The Morgan fingerprint density at radius 2 is 2.00 bits per heavy atom. The number of amides is 3. The van der Waals surface area contributed by atoms with Crippen LogP contribution < -0.4 is 10.6 Å². The third-order valence-corrected chi connectivity index (χ3v) is 6.15. The molecule has 3 amide bonds. The molecule has 23 heavy (non-hydrogen) atoms. The van der Waals surface area contributed by atoms with E-state index in [-0.39, 0.29) is 23.2 Å². The van der Waals surface area contributed by atoms with Crippen LogP contribution in [0.2, 0.25) is 0 Å². The molecule has 0 saturated carbocycles. The average Bonchev–Trinajstić information content (AvgIpc) is 2.51. The summed E-state index contributed by atoms with van der Waals surface area (Å²) in [6.07, 6.45) is 0. The van der Waals surface area contributed by atoms with Gasteiger partial charge >= 0.3 is 6.03 Å². The normalized spacial score (nSPS) is 16.3. The van der Waals surface area contributed by atoms with Gasteiger partial charge < -0.3 is 20.3 Å². The van der Waals surface area contributed by atoms with Gasteiger partial charge in [0, 0.05) is 23.6 Å². The van der Waals surface area contributed by atoms with E-state index in [1.165, 1.54) is 10.8 Å². The van der Waals surface area contributed by atoms with Crippen molar-refractivity contribution in [1.29, 1.82) is 5.26 Å². The Labute approximate surface area is 145 Å². The first-order valence-corrected chi connectivity index (χ1v) is 9.74. The number of hydrogen-bond donors (Lipinski definition) is 2. The van der Waals surface area contributed by atoms with E-state index in [0.29, 0.717) is 32.1 Å². The van der Waals surface area contributed by atoms with Crippen molar-refractivity contribution in [3.63, 3.8) is 0 Å². The standard InChI is InChI=1S/C14H24N4O3S2/c1-14(2,3)23-22-10-11(12(19)16-5-4-15)17-13(20)18-6-8-21-9-7-18/h11H,5-10H2,1-3H3,(H,16,19)(H,17,20)/t11-/m0/s1. The maximum Gasteiger partial charge on any atom is 0.318 e. The van der Waals surface area contributed by atoms with E-state index < -0.39 is 6.04 Å². The Hall–Kier alpha value is -1.11. The van der Waals surface area contributed by atoms with Crippen molar-refractivity contribution in [2.45, 2.75) is 31.6 Å². The highest BCUT2D eigenvalue weighted by Crippen LogP contribution is 2.35.